The molecule has 1 N–H and O–H groups in total. The normalized spacial score (nSPS) is 15.9. The van der Waals surface area contributed by atoms with Crippen LogP contribution >= 0.6 is 31.9 Å². The quantitative estimate of drug-likeness (QED) is 0.105. The van der Waals surface area contributed by atoms with E-state index in [0.29, 0.717) is 48.5 Å². The first-order valence-electron chi connectivity index (χ1n) is 11.9. The molecule has 38 heavy (non-hydrogen) atoms. The van der Waals surface area contributed by atoms with E-state index < -0.39 is 35.9 Å². The van der Waals surface area contributed by atoms with Crippen molar-refractivity contribution in [2.45, 2.75) is 31.9 Å². The fraction of sp³-hybridized carbons (Fsp3) is 0.179. The van der Waals surface area contributed by atoms with E-state index in [-0.39, 0.29) is 6.42 Å². The van der Waals surface area contributed by atoms with Crippen molar-refractivity contribution in [2.24, 2.45) is 0 Å². The number of imide groups is 1. The van der Waals surface area contributed by atoms with E-state index in [2.05, 4.69) is 37.2 Å². The van der Waals surface area contributed by atoms with Crippen molar-refractivity contribution in [3.63, 3.8) is 0 Å². The average Bonchev–Trinajstić information content (AvgIpc) is 3.22. The van der Waals surface area contributed by atoms with Crippen LogP contribution in [0, 0.1) is 0 Å². The number of halogens is 2. The monoisotopic (exact) mass is 639 g/mol. The molecule has 2 heterocycles. The zero-order valence-electron chi connectivity index (χ0n) is 20.1. The second-order valence-electron chi connectivity index (χ2n) is 8.69. The van der Waals surface area contributed by atoms with Gasteiger partial charge in [-0.1, -0.05) is 37.3 Å². The van der Waals surface area contributed by atoms with Crippen molar-refractivity contribution in [1.29, 1.82) is 0 Å². The molecule has 2 amide bonds. The standard InChI is InChI=1S/C28H20Br2N2O6/c1-2-19(27(35)37-22-14-23(33)31-26(22)34)32-20-12-5-3-8-15(20)24(16-9-4-6-13-21(16)32)28(36)38-25-17(29)10-7-11-18(25)30/h3-13,19,22H,2,14H2,1H3/p+1. The van der Waals surface area contributed by atoms with Gasteiger partial charge in [-0.05, 0) is 56.1 Å². The Balaban J connectivity index is 1.66. The number of esters is 2. The van der Waals surface area contributed by atoms with Crippen molar-refractivity contribution < 1.29 is 33.2 Å². The molecule has 0 bridgehead atoms. The van der Waals surface area contributed by atoms with E-state index in [9.17, 15) is 19.2 Å². The highest BCUT2D eigenvalue weighted by Gasteiger charge is 2.40. The molecule has 8 nitrogen and oxygen atoms in total. The lowest BCUT2D eigenvalue weighted by molar-refractivity contribution is -0.661. The Labute approximate surface area is 234 Å². The molecule has 3 aromatic carbocycles. The second-order valence-corrected chi connectivity index (χ2v) is 10.4. The maximum Gasteiger partial charge on any atom is 0.376 e. The molecule has 0 radical (unpaired) electrons. The van der Waals surface area contributed by atoms with E-state index in [4.69, 9.17) is 9.47 Å². The predicted molar refractivity (Wildman–Crippen MR) is 145 cm³/mol. The largest absolute Gasteiger partial charge is 0.447 e. The van der Waals surface area contributed by atoms with Crippen LogP contribution < -0.4 is 14.6 Å². The summed E-state index contributed by atoms with van der Waals surface area (Å²) < 4.78 is 14.4. The van der Waals surface area contributed by atoms with E-state index >= 15 is 0 Å². The Morgan fingerprint density at radius 3 is 2.05 bits per heavy atom. The fourth-order valence-electron chi connectivity index (χ4n) is 4.64. The Bertz CT molecular complexity index is 1560. The number of hydrogen-bond donors (Lipinski definition) is 1. The topological polar surface area (TPSA) is 103 Å². The van der Waals surface area contributed by atoms with Crippen molar-refractivity contribution in [1.82, 2.24) is 5.32 Å². The molecular formula is C28H21Br2N2O6+. The molecule has 1 fully saturated rings. The smallest absolute Gasteiger partial charge is 0.376 e. The van der Waals surface area contributed by atoms with Crippen molar-refractivity contribution in [2.75, 3.05) is 0 Å². The summed E-state index contributed by atoms with van der Waals surface area (Å²) in [7, 11) is 0. The fourth-order valence-corrected chi connectivity index (χ4v) is 5.80. The number of benzene rings is 3. The van der Waals surface area contributed by atoms with Crippen LogP contribution in [-0.2, 0) is 19.1 Å². The maximum atomic E-state index is 13.7. The summed E-state index contributed by atoms with van der Waals surface area (Å²) >= 11 is 6.87. The molecule has 1 aliphatic rings. The summed E-state index contributed by atoms with van der Waals surface area (Å²) in [6.45, 7) is 1.83. The third-order valence-corrected chi connectivity index (χ3v) is 7.59. The molecule has 2 unspecified atom stereocenters. The summed E-state index contributed by atoms with van der Waals surface area (Å²) in [5.74, 6) is -1.97. The summed E-state index contributed by atoms with van der Waals surface area (Å²) in [4.78, 5) is 50.7. The number of pyridine rings is 1. The number of carbonyl (C=O) groups is 4. The van der Waals surface area contributed by atoms with Gasteiger partial charge in [0.25, 0.3) is 11.9 Å². The van der Waals surface area contributed by atoms with Crippen LogP contribution in [0.2, 0.25) is 0 Å². The number of aromatic nitrogens is 1. The van der Waals surface area contributed by atoms with Gasteiger partial charge in [-0.25, -0.2) is 9.59 Å². The van der Waals surface area contributed by atoms with E-state index in [1.54, 1.807) is 36.4 Å². The Hall–Kier alpha value is -3.63. The molecule has 0 saturated carbocycles. The van der Waals surface area contributed by atoms with Crippen molar-refractivity contribution in [3.8, 4) is 5.75 Å². The Kier molecular flexibility index (Phi) is 7.27. The van der Waals surface area contributed by atoms with Crippen LogP contribution in [0.1, 0.15) is 36.2 Å². The van der Waals surface area contributed by atoms with Gasteiger partial charge in [0.1, 0.15) is 0 Å². The number of fused-ring (bicyclic) bond motifs is 2. The van der Waals surface area contributed by atoms with Gasteiger partial charge in [0.2, 0.25) is 16.9 Å². The molecule has 1 aliphatic heterocycles. The molecule has 0 aliphatic carbocycles. The minimum absolute atomic E-state index is 0.206. The average molecular weight is 641 g/mol. The van der Waals surface area contributed by atoms with Crippen molar-refractivity contribution in [3.05, 3.63) is 81.2 Å². The van der Waals surface area contributed by atoms with Gasteiger partial charge in [-0.2, -0.15) is 4.57 Å². The number of nitrogens with one attached hydrogen (secondary N) is 1. The highest BCUT2D eigenvalue weighted by atomic mass is 79.9. The molecule has 0 spiro atoms. The van der Waals surface area contributed by atoms with Crippen LogP contribution in [0.4, 0.5) is 0 Å². The van der Waals surface area contributed by atoms with E-state index in [1.165, 1.54) is 0 Å². The molecule has 1 saturated heterocycles. The predicted octanol–water partition coefficient (Wildman–Crippen LogP) is 4.93. The van der Waals surface area contributed by atoms with Crippen LogP contribution in [0.25, 0.3) is 21.8 Å². The van der Waals surface area contributed by atoms with Gasteiger partial charge < -0.3 is 9.47 Å². The molecular weight excluding hydrogens is 620 g/mol. The lowest BCUT2D eigenvalue weighted by atomic mass is 10.0. The highest BCUT2D eigenvalue weighted by molar-refractivity contribution is 9.11. The van der Waals surface area contributed by atoms with Gasteiger partial charge in [-0.15, -0.1) is 0 Å². The first-order valence-corrected chi connectivity index (χ1v) is 13.4. The van der Waals surface area contributed by atoms with Crippen molar-refractivity contribution >= 4 is 77.4 Å². The molecule has 1 aromatic heterocycles. The first-order chi connectivity index (χ1) is 18.3. The van der Waals surface area contributed by atoms with E-state index in [1.807, 2.05) is 41.8 Å². The zero-order valence-corrected chi connectivity index (χ0v) is 23.2. The van der Waals surface area contributed by atoms with Crippen LogP contribution in [0.15, 0.2) is 75.7 Å². The molecule has 10 heteroatoms. The number of nitrogens with zero attached hydrogens (tertiary/aromatic N) is 1. The lowest BCUT2D eigenvalue weighted by Gasteiger charge is -2.18. The number of hydrogen-bond acceptors (Lipinski definition) is 6. The highest BCUT2D eigenvalue weighted by Crippen LogP contribution is 2.35. The summed E-state index contributed by atoms with van der Waals surface area (Å²) in [5.41, 5.74) is 1.57. The maximum absolute atomic E-state index is 13.7. The van der Waals surface area contributed by atoms with Gasteiger partial charge >= 0.3 is 11.9 Å². The van der Waals surface area contributed by atoms with Gasteiger partial charge in [-0.3, -0.25) is 14.9 Å². The van der Waals surface area contributed by atoms with Crippen LogP contribution in [0.3, 0.4) is 0 Å². The Morgan fingerprint density at radius 1 is 0.947 bits per heavy atom. The van der Waals surface area contributed by atoms with Gasteiger partial charge in [0.05, 0.1) is 31.7 Å². The minimum atomic E-state index is -1.17. The Morgan fingerprint density at radius 2 is 1.53 bits per heavy atom. The third kappa shape index (κ3) is 4.69. The third-order valence-electron chi connectivity index (χ3n) is 6.34. The number of amides is 2. The second kappa shape index (κ2) is 10.6. The minimum Gasteiger partial charge on any atom is -0.447 e. The summed E-state index contributed by atoms with van der Waals surface area (Å²) in [5, 5.41) is 3.32. The number of ether oxygens (including phenoxy) is 2. The number of para-hydroxylation sites is 3. The van der Waals surface area contributed by atoms with Gasteiger partial charge in [0, 0.05) is 18.6 Å². The van der Waals surface area contributed by atoms with E-state index in [0.717, 1.165) is 0 Å². The molecule has 192 valence electrons. The van der Waals surface area contributed by atoms with Gasteiger partial charge in [0.15, 0.2) is 11.9 Å². The number of carbonyl (C=O) groups excluding carboxylic acids is 4. The van der Waals surface area contributed by atoms with Crippen LogP contribution in [0.5, 0.6) is 5.75 Å². The zero-order chi connectivity index (χ0) is 27.0. The molecule has 5 rings (SSSR count). The summed E-state index contributed by atoms with van der Waals surface area (Å²) in [6.07, 6.45) is -1.03. The summed E-state index contributed by atoms with van der Waals surface area (Å²) in [6, 6.07) is 19.0. The van der Waals surface area contributed by atoms with Crippen LogP contribution in [-0.4, -0.2) is 29.9 Å². The molecule has 4 aromatic rings. The first kappa shape index (κ1) is 26.0. The lowest BCUT2D eigenvalue weighted by Crippen LogP contribution is -2.47. The molecule has 2 atom stereocenters. The SMILES string of the molecule is CCC(C(=O)OC1CC(=O)NC1=O)[n+]1c2ccccc2c(C(=O)Oc2c(Br)cccc2Br)c2ccccc21. The number of rotatable bonds is 6.